The first-order chi connectivity index (χ1) is 7.61. The average molecular weight is 218 g/mol. The molecule has 0 aromatic heterocycles. The third-order valence-corrected chi connectivity index (χ3v) is 2.75. The summed E-state index contributed by atoms with van der Waals surface area (Å²) < 4.78 is 0. The molecule has 0 saturated carbocycles. The molecule has 0 aliphatic carbocycles. The van der Waals surface area contributed by atoms with E-state index in [1.807, 2.05) is 13.0 Å². The minimum absolute atomic E-state index is 0.0231. The van der Waals surface area contributed by atoms with E-state index in [0.29, 0.717) is 17.8 Å². The Labute approximate surface area is 94.2 Å². The monoisotopic (exact) mass is 218 g/mol. The predicted octanol–water partition coefficient (Wildman–Crippen LogP) is 1.17. The summed E-state index contributed by atoms with van der Waals surface area (Å²) in [5.74, 6) is -0.164. The highest BCUT2D eigenvalue weighted by atomic mass is 16.2. The molecule has 1 N–H and O–H groups in total. The van der Waals surface area contributed by atoms with Gasteiger partial charge in [0.2, 0.25) is 5.91 Å². The summed E-state index contributed by atoms with van der Waals surface area (Å²) in [6.45, 7) is 3.92. The van der Waals surface area contributed by atoms with Gasteiger partial charge < -0.3 is 10.2 Å². The van der Waals surface area contributed by atoms with Crippen molar-refractivity contribution in [2.75, 3.05) is 11.4 Å². The molecule has 16 heavy (non-hydrogen) atoms. The van der Waals surface area contributed by atoms with Crippen molar-refractivity contribution in [1.29, 1.82) is 0 Å². The van der Waals surface area contributed by atoms with Crippen LogP contribution in [0.4, 0.5) is 5.69 Å². The predicted molar refractivity (Wildman–Crippen MR) is 61.4 cm³/mol. The Morgan fingerprint density at radius 2 is 2.12 bits per heavy atom. The summed E-state index contributed by atoms with van der Waals surface area (Å²) in [7, 11) is 0. The number of carbonyl (C=O) groups is 2. The van der Waals surface area contributed by atoms with Gasteiger partial charge in [0.05, 0.1) is 17.3 Å². The smallest absolute Gasteiger partial charge is 0.253 e. The van der Waals surface area contributed by atoms with Gasteiger partial charge in [0.15, 0.2) is 0 Å². The lowest BCUT2D eigenvalue weighted by Gasteiger charge is -2.26. The van der Waals surface area contributed by atoms with E-state index in [9.17, 15) is 9.59 Å². The van der Waals surface area contributed by atoms with E-state index in [0.717, 1.165) is 0 Å². The highest BCUT2D eigenvalue weighted by Crippen LogP contribution is 2.24. The maximum atomic E-state index is 11.8. The number of hydrogen-bond acceptors (Lipinski definition) is 2. The van der Waals surface area contributed by atoms with E-state index in [1.165, 1.54) is 6.92 Å². The zero-order valence-corrected chi connectivity index (χ0v) is 9.36. The van der Waals surface area contributed by atoms with Crippen molar-refractivity contribution in [2.24, 2.45) is 0 Å². The van der Waals surface area contributed by atoms with Crippen LogP contribution >= 0.6 is 0 Å². The largest absolute Gasteiger partial charge is 0.350 e. The fraction of sp³-hybridized carbons (Fsp3) is 0.333. The van der Waals surface area contributed by atoms with E-state index < -0.39 is 0 Å². The van der Waals surface area contributed by atoms with Gasteiger partial charge >= 0.3 is 0 Å². The Morgan fingerprint density at radius 1 is 1.44 bits per heavy atom. The molecule has 0 fully saturated rings. The lowest BCUT2D eigenvalue weighted by molar-refractivity contribution is -0.116. The molecule has 4 heteroatoms. The number of para-hydroxylation sites is 1. The van der Waals surface area contributed by atoms with Crippen LogP contribution in [0.1, 0.15) is 24.2 Å². The van der Waals surface area contributed by atoms with Gasteiger partial charge in [-0.1, -0.05) is 12.1 Å². The molecule has 1 atom stereocenters. The molecule has 1 heterocycles. The summed E-state index contributed by atoms with van der Waals surface area (Å²) >= 11 is 0. The number of amides is 2. The van der Waals surface area contributed by atoms with Gasteiger partial charge in [0, 0.05) is 13.5 Å². The molecule has 0 spiro atoms. The summed E-state index contributed by atoms with van der Waals surface area (Å²) in [4.78, 5) is 25.0. The lowest BCUT2D eigenvalue weighted by atomic mass is 10.1. The summed E-state index contributed by atoms with van der Waals surface area (Å²) in [5, 5.41) is 2.80. The second kappa shape index (κ2) is 3.96. The highest BCUT2D eigenvalue weighted by Gasteiger charge is 2.27. The van der Waals surface area contributed by atoms with Crippen molar-refractivity contribution >= 4 is 17.5 Å². The molecular formula is C12H14N2O2. The van der Waals surface area contributed by atoms with E-state index in [1.54, 1.807) is 23.1 Å². The molecule has 2 amide bonds. The van der Waals surface area contributed by atoms with E-state index in [2.05, 4.69) is 5.32 Å². The molecule has 0 saturated heterocycles. The van der Waals surface area contributed by atoms with Gasteiger partial charge in [-0.15, -0.1) is 0 Å². The van der Waals surface area contributed by atoms with Crippen molar-refractivity contribution in [3.8, 4) is 0 Å². The van der Waals surface area contributed by atoms with Gasteiger partial charge in [-0.3, -0.25) is 9.59 Å². The average Bonchev–Trinajstić information content (AvgIpc) is 2.37. The minimum Gasteiger partial charge on any atom is -0.350 e. The Hall–Kier alpha value is -1.84. The van der Waals surface area contributed by atoms with Crippen molar-refractivity contribution in [1.82, 2.24) is 5.32 Å². The number of nitrogens with one attached hydrogen (secondary N) is 1. The van der Waals surface area contributed by atoms with Crippen LogP contribution in [0.15, 0.2) is 24.3 Å². The number of benzene rings is 1. The number of rotatable bonds is 0. The standard InChI is InChI=1S/C12H14N2O2/c1-8-7-13-12(16)10-5-3-4-6-11(10)14(8)9(2)15/h3-6,8H,7H2,1-2H3,(H,13,16). The van der Waals surface area contributed by atoms with E-state index in [-0.39, 0.29) is 17.9 Å². The topological polar surface area (TPSA) is 49.4 Å². The molecule has 4 nitrogen and oxygen atoms in total. The van der Waals surface area contributed by atoms with Crippen LogP contribution in [-0.2, 0) is 4.79 Å². The Kier molecular flexibility index (Phi) is 2.64. The third kappa shape index (κ3) is 1.66. The van der Waals surface area contributed by atoms with Gasteiger partial charge in [0.1, 0.15) is 0 Å². The van der Waals surface area contributed by atoms with Gasteiger partial charge in [0.25, 0.3) is 5.91 Å². The summed E-state index contributed by atoms with van der Waals surface area (Å²) in [6.07, 6.45) is 0. The Balaban J connectivity index is 2.57. The lowest BCUT2D eigenvalue weighted by Crippen LogP contribution is -2.41. The number of carbonyl (C=O) groups excluding carboxylic acids is 2. The van der Waals surface area contributed by atoms with Crippen LogP contribution in [0, 0.1) is 0 Å². The molecule has 0 radical (unpaired) electrons. The van der Waals surface area contributed by atoms with Crippen LogP contribution in [0.25, 0.3) is 0 Å². The van der Waals surface area contributed by atoms with E-state index >= 15 is 0 Å². The number of hydrogen-bond donors (Lipinski definition) is 1. The van der Waals surface area contributed by atoms with Crippen molar-refractivity contribution < 1.29 is 9.59 Å². The number of anilines is 1. The van der Waals surface area contributed by atoms with Crippen LogP contribution in [0.5, 0.6) is 0 Å². The van der Waals surface area contributed by atoms with E-state index in [4.69, 9.17) is 0 Å². The number of fused-ring (bicyclic) bond motifs is 1. The summed E-state index contributed by atoms with van der Waals surface area (Å²) in [5.41, 5.74) is 1.25. The molecule has 1 aromatic carbocycles. The maximum Gasteiger partial charge on any atom is 0.253 e. The Morgan fingerprint density at radius 3 is 2.81 bits per heavy atom. The molecule has 2 rings (SSSR count). The van der Waals surface area contributed by atoms with Crippen molar-refractivity contribution in [2.45, 2.75) is 19.9 Å². The van der Waals surface area contributed by atoms with Gasteiger partial charge in [-0.25, -0.2) is 0 Å². The van der Waals surface area contributed by atoms with Gasteiger partial charge in [-0.2, -0.15) is 0 Å². The zero-order chi connectivity index (χ0) is 11.7. The number of nitrogens with zero attached hydrogens (tertiary/aromatic N) is 1. The van der Waals surface area contributed by atoms with Crippen LogP contribution in [0.2, 0.25) is 0 Å². The molecule has 1 aliphatic heterocycles. The third-order valence-electron chi connectivity index (χ3n) is 2.75. The van der Waals surface area contributed by atoms with Crippen LogP contribution < -0.4 is 10.2 Å². The first-order valence-corrected chi connectivity index (χ1v) is 5.28. The Bertz CT molecular complexity index is 442. The second-order valence-electron chi connectivity index (χ2n) is 3.97. The second-order valence-corrected chi connectivity index (χ2v) is 3.97. The van der Waals surface area contributed by atoms with Crippen molar-refractivity contribution in [3.63, 3.8) is 0 Å². The summed E-state index contributed by atoms with van der Waals surface area (Å²) in [6, 6.07) is 7.15. The van der Waals surface area contributed by atoms with Gasteiger partial charge in [-0.05, 0) is 19.1 Å². The molecule has 84 valence electrons. The zero-order valence-electron chi connectivity index (χ0n) is 9.36. The maximum absolute atomic E-state index is 11.8. The molecule has 1 aromatic rings. The molecular weight excluding hydrogens is 204 g/mol. The normalized spacial score (nSPS) is 19.8. The van der Waals surface area contributed by atoms with Crippen molar-refractivity contribution in [3.05, 3.63) is 29.8 Å². The minimum atomic E-state index is -0.119. The van der Waals surface area contributed by atoms with Crippen LogP contribution in [0.3, 0.4) is 0 Å². The molecule has 1 aliphatic rings. The fourth-order valence-corrected chi connectivity index (χ4v) is 2.02. The fourth-order valence-electron chi connectivity index (χ4n) is 2.02. The highest BCUT2D eigenvalue weighted by molar-refractivity contribution is 6.05. The molecule has 1 unspecified atom stereocenters. The quantitative estimate of drug-likeness (QED) is 0.710. The SMILES string of the molecule is CC(=O)N1c2ccccc2C(=O)NCC1C. The first-order valence-electron chi connectivity index (χ1n) is 5.28. The molecule has 0 bridgehead atoms. The van der Waals surface area contributed by atoms with Crippen LogP contribution in [-0.4, -0.2) is 24.4 Å². The first kappa shape index (κ1) is 10.7.